The molecule has 0 saturated heterocycles. The fourth-order valence-corrected chi connectivity index (χ4v) is 1.76. The standard InChI is InChI=1S/C10H9BrFN3/c1-15-5-14-9(10(15)13)7-4-6(12)2-3-8(7)11/h2-5H,13H2,1H3. The molecule has 2 rings (SSSR count). The van der Waals surface area contributed by atoms with E-state index in [1.54, 1.807) is 24.0 Å². The minimum Gasteiger partial charge on any atom is -0.383 e. The smallest absolute Gasteiger partial charge is 0.131 e. The number of halogens is 2. The van der Waals surface area contributed by atoms with Crippen LogP contribution in [-0.2, 0) is 7.05 Å². The molecule has 2 N–H and O–H groups in total. The minimum atomic E-state index is -0.307. The van der Waals surface area contributed by atoms with Crippen LogP contribution in [0, 0.1) is 5.82 Å². The van der Waals surface area contributed by atoms with Crippen LogP contribution in [0.25, 0.3) is 11.3 Å². The zero-order valence-corrected chi connectivity index (χ0v) is 9.62. The Balaban J connectivity index is 2.63. The summed E-state index contributed by atoms with van der Waals surface area (Å²) in [6, 6.07) is 4.42. The summed E-state index contributed by atoms with van der Waals surface area (Å²) in [7, 11) is 1.79. The number of aromatic nitrogens is 2. The second-order valence-electron chi connectivity index (χ2n) is 3.21. The molecular formula is C10H9BrFN3. The Hall–Kier alpha value is -1.36. The summed E-state index contributed by atoms with van der Waals surface area (Å²) in [6.45, 7) is 0. The van der Waals surface area contributed by atoms with E-state index in [9.17, 15) is 4.39 Å². The van der Waals surface area contributed by atoms with E-state index < -0.39 is 0 Å². The predicted octanol–water partition coefficient (Wildman–Crippen LogP) is 2.57. The van der Waals surface area contributed by atoms with Crippen LogP contribution < -0.4 is 5.73 Å². The summed E-state index contributed by atoms with van der Waals surface area (Å²) in [5.41, 5.74) is 7.06. The zero-order chi connectivity index (χ0) is 11.0. The van der Waals surface area contributed by atoms with Gasteiger partial charge in [0, 0.05) is 17.1 Å². The first-order chi connectivity index (χ1) is 7.09. The lowest BCUT2D eigenvalue weighted by Crippen LogP contribution is -1.96. The summed E-state index contributed by atoms with van der Waals surface area (Å²) in [5.74, 6) is 0.208. The quantitative estimate of drug-likeness (QED) is 0.865. The van der Waals surface area contributed by atoms with E-state index >= 15 is 0 Å². The number of anilines is 1. The molecule has 15 heavy (non-hydrogen) atoms. The van der Waals surface area contributed by atoms with Crippen molar-refractivity contribution in [2.24, 2.45) is 7.05 Å². The molecule has 0 aliphatic heterocycles. The lowest BCUT2D eigenvalue weighted by Gasteiger charge is -2.03. The third kappa shape index (κ3) is 1.74. The minimum absolute atomic E-state index is 0.307. The number of nitrogen functional groups attached to an aromatic ring is 1. The summed E-state index contributed by atoms with van der Waals surface area (Å²) in [6.07, 6.45) is 1.60. The maximum atomic E-state index is 13.1. The molecule has 0 radical (unpaired) electrons. The highest BCUT2D eigenvalue weighted by Crippen LogP contribution is 2.31. The molecule has 1 heterocycles. The number of imidazole rings is 1. The van der Waals surface area contributed by atoms with Crippen LogP contribution in [0.4, 0.5) is 10.2 Å². The van der Waals surface area contributed by atoms with Gasteiger partial charge in [-0.15, -0.1) is 0 Å². The van der Waals surface area contributed by atoms with Crippen LogP contribution >= 0.6 is 15.9 Å². The normalized spacial score (nSPS) is 10.6. The molecule has 0 spiro atoms. The maximum Gasteiger partial charge on any atom is 0.131 e. The van der Waals surface area contributed by atoms with Gasteiger partial charge in [0.25, 0.3) is 0 Å². The Bertz CT molecular complexity index is 507. The Morgan fingerprint density at radius 3 is 2.80 bits per heavy atom. The number of hydrogen-bond acceptors (Lipinski definition) is 2. The third-order valence-corrected chi connectivity index (χ3v) is 2.86. The summed E-state index contributed by atoms with van der Waals surface area (Å²) >= 11 is 3.34. The molecule has 5 heteroatoms. The second-order valence-corrected chi connectivity index (χ2v) is 4.07. The molecule has 0 amide bonds. The number of nitrogens with zero attached hydrogens (tertiary/aromatic N) is 2. The van der Waals surface area contributed by atoms with Crippen LogP contribution in [-0.4, -0.2) is 9.55 Å². The van der Waals surface area contributed by atoms with Crippen molar-refractivity contribution in [3.8, 4) is 11.3 Å². The van der Waals surface area contributed by atoms with Gasteiger partial charge in [-0.05, 0) is 18.2 Å². The van der Waals surface area contributed by atoms with Gasteiger partial charge < -0.3 is 10.3 Å². The van der Waals surface area contributed by atoms with E-state index in [-0.39, 0.29) is 5.82 Å². The van der Waals surface area contributed by atoms with E-state index in [4.69, 9.17) is 5.73 Å². The van der Waals surface area contributed by atoms with E-state index in [0.717, 1.165) is 4.47 Å². The van der Waals surface area contributed by atoms with E-state index in [1.165, 1.54) is 12.1 Å². The molecule has 0 aliphatic carbocycles. The third-order valence-electron chi connectivity index (χ3n) is 2.17. The molecule has 1 aromatic carbocycles. The van der Waals surface area contributed by atoms with Gasteiger partial charge in [0.1, 0.15) is 17.3 Å². The van der Waals surface area contributed by atoms with Gasteiger partial charge in [-0.3, -0.25) is 0 Å². The van der Waals surface area contributed by atoms with Gasteiger partial charge in [0.15, 0.2) is 0 Å². The molecule has 0 aliphatic rings. The van der Waals surface area contributed by atoms with Crippen molar-refractivity contribution in [1.29, 1.82) is 0 Å². The average Bonchev–Trinajstić information content (AvgIpc) is 2.52. The van der Waals surface area contributed by atoms with Gasteiger partial charge in [-0.1, -0.05) is 15.9 Å². The van der Waals surface area contributed by atoms with Crippen molar-refractivity contribution in [3.63, 3.8) is 0 Å². The Morgan fingerprint density at radius 2 is 2.20 bits per heavy atom. The van der Waals surface area contributed by atoms with Crippen LogP contribution in [0.1, 0.15) is 0 Å². The Labute approximate surface area is 94.9 Å². The van der Waals surface area contributed by atoms with Gasteiger partial charge in [-0.25, -0.2) is 9.37 Å². The summed E-state index contributed by atoms with van der Waals surface area (Å²) < 4.78 is 15.5. The van der Waals surface area contributed by atoms with Crippen molar-refractivity contribution < 1.29 is 4.39 Å². The van der Waals surface area contributed by atoms with Crippen molar-refractivity contribution in [2.75, 3.05) is 5.73 Å². The van der Waals surface area contributed by atoms with Crippen LogP contribution in [0.15, 0.2) is 29.0 Å². The van der Waals surface area contributed by atoms with Crippen LogP contribution in [0.3, 0.4) is 0 Å². The molecule has 0 bridgehead atoms. The van der Waals surface area contributed by atoms with Crippen molar-refractivity contribution >= 4 is 21.7 Å². The van der Waals surface area contributed by atoms with E-state index in [2.05, 4.69) is 20.9 Å². The van der Waals surface area contributed by atoms with Crippen molar-refractivity contribution in [3.05, 3.63) is 34.8 Å². The molecule has 0 unspecified atom stereocenters. The largest absolute Gasteiger partial charge is 0.383 e. The summed E-state index contributed by atoms with van der Waals surface area (Å²) in [4.78, 5) is 4.13. The van der Waals surface area contributed by atoms with Crippen LogP contribution in [0.2, 0.25) is 0 Å². The Kier molecular flexibility index (Phi) is 2.48. The monoisotopic (exact) mass is 269 g/mol. The average molecular weight is 270 g/mol. The van der Waals surface area contributed by atoms with Gasteiger partial charge in [0.05, 0.1) is 6.33 Å². The predicted molar refractivity (Wildman–Crippen MR) is 60.7 cm³/mol. The maximum absolute atomic E-state index is 13.1. The van der Waals surface area contributed by atoms with Gasteiger partial charge in [-0.2, -0.15) is 0 Å². The SMILES string of the molecule is Cn1cnc(-c2cc(F)ccc2Br)c1N. The topological polar surface area (TPSA) is 43.8 Å². The van der Waals surface area contributed by atoms with Gasteiger partial charge >= 0.3 is 0 Å². The van der Waals surface area contributed by atoms with Gasteiger partial charge in [0.2, 0.25) is 0 Å². The number of nitrogens with two attached hydrogens (primary N) is 1. The molecule has 2 aromatic rings. The molecule has 0 saturated carbocycles. The number of hydrogen-bond donors (Lipinski definition) is 1. The molecule has 0 fully saturated rings. The fraction of sp³-hybridized carbons (Fsp3) is 0.100. The number of aryl methyl sites for hydroxylation is 1. The molecule has 0 atom stereocenters. The number of rotatable bonds is 1. The molecule has 3 nitrogen and oxygen atoms in total. The van der Waals surface area contributed by atoms with Crippen molar-refractivity contribution in [1.82, 2.24) is 9.55 Å². The highest BCUT2D eigenvalue weighted by atomic mass is 79.9. The molecule has 78 valence electrons. The molecule has 1 aromatic heterocycles. The van der Waals surface area contributed by atoms with E-state index in [0.29, 0.717) is 17.1 Å². The zero-order valence-electron chi connectivity index (χ0n) is 8.04. The highest BCUT2D eigenvalue weighted by molar-refractivity contribution is 9.10. The summed E-state index contributed by atoms with van der Waals surface area (Å²) in [5, 5.41) is 0. The highest BCUT2D eigenvalue weighted by Gasteiger charge is 2.11. The first-order valence-electron chi connectivity index (χ1n) is 4.32. The lowest BCUT2D eigenvalue weighted by molar-refractivity contribution is 0.628. The first kappa shape index (κ1) is 10.2. The van der Waals surface area contributed by atoms with E-state index in [1.807, 2.05) is 0 Å². The van der Waals surface area contributed by atoms with Crippen LogP contribution in [0.5, 0.6) is 0 Å². The van der Waals surface area contributed by atoms with Crippen molar-refractivity contribution in [2.45, 2.75) is 0 Å². The number of benzene rings is 1. The Morgan fingerprint density at radius 1 is 1.47 bits per heavy atom. The lowest BCUT2D eigenvalue weighted by atomic mass is 10.1. The fourth-order valence-electron chi connectivity index (χ4n) is 1.33. The second kappa shape index (κ2) is 3.66. The molecular weight excluding hydrogens is 261 g/mol. The first-order valence-corrected chi connectivity index (χ1v) is 5.11.